The summed E-state index contributed by atoms with van der Waals surface area (Å²) >= 11 is 0. The van der Waals surface area contributed by atoms with E-state index in [9.17, 15) is 4.79 Å². The second-order valence-electron chi connectivity index (χ2n) is 5.10. The van der Waals surface area contributed by atoms with E-state index in [0.717, 1.165) is 16.7 Å². The lowest BCUT2D eigenvalue weighted by Gasteiger charge is -2.12. The summed E-state index contributed by atoms with van der Waals surface area (Å²) in [6.07, 6.45) is 0. The molecule has 0 N–H and O–H groups in total. The van der Waals surface area contributed by atoms with E-state index in [4.69, 9.17) is 14.7 Å². The maximum Gasteiger partial charge on any atom is 0.349 e. The van der Waals surface area contributed by atoms with Crippen molar-refractivity contribution in [1.82, 2.24) is 0 Å². The predicted octanol–water partition coefficient (Wildman–Crippen LogP) is 3.47. The fraction of sp³-hybridized carbons (Fsp3) is 0.222. The summed E-state index contributed by atoms with van der Waals surface area (Å²) in [5.41, 5.74) is 3.32. The minimum absolute atomic E-state index is 0.245. The van der Waals surface area contributed by atoms with Gasteiger partial charge in [-0.25, -0.2) is 4.79 Å². The molecular formula is C18H17NO3. The van der Waals surface area contributed by atoms with Crippen molar-refractivity contribution >= 4 is 5.97 Å². The van der Waals surface area contributed by atoms with Crippen LogP contribution in [0, 0.1) is 32.1 Å². The molecule has 0 saturated heterocycles. The van der Waals surface area contributed by atoms with Crippen LogP contribution in [0.5, 0.6) is 11.5 Å². The van der Waals surface area contributed by atoms with E-state index in [2.05, 4.69) is 0 Å². The van der Waals surface area contributed by atoms with Crippen LogP contribution >= 0.6 is 0 Å². The number of nitrogens with zero attached hydrogens (tertiary/aromatic N) is 1. The number of carbonyl (C=O) groups is 1. The first kappa shape index (κ1) is 15.6. The van der Waals surface area contributed by atoms with Gasteiger partial charge in [-0.05, 0) is 44.0 Å². The lowest BCUT2D eigenvalue weighted by Crippen LogP contribution is -2.19. The Balaban J connectivity index is 2.04. The van der Waals surface area contributed by atoms with Gasteiger partial charge in [-0.1, -0.05) is 29.8 Å². The Morgan fingerprint density at radius 2 is 1.77 bits per heavy atom. The number of hydrogen-bond acceptors (Lipinski definition) is 4. The lowest BCUT2D eigenvalue weighted by molar-refractivity contribution is -0.136. The van der Waals surface area contributed by atoms with Crippen molar-refractivity contribution in [3.05, 3.63) is 58.7 Å². The lowest BCUT2D eigenvalue weighted by atomic mass is 10.1. The van der Waals surface area contributed by atoms with Crippen LogP contribution in [-0.4, -0.2) is 12.6 Å². The van der Waals surface area contributed by atoms with Crippen LogP contribution in [0.25, 0.3) is 0 Å². The standard InChI is InChI=1S/C18H17NO3/c1-12-8-13(2)18(14(3)9-12)22-17(20)11-21-16-7-5-4-6-15(16)10-19/h4-9H,11H2,1-3H3. The zero-order chi connectivity index (χ0) is 16.1. The molecule has 0 aromatic heterocycles. The molecule has 4 nitrogen and oxygen atoms in total. The third kappa shape index (κ3) is 3.64. The molecule has 0 aliphatic carbocycles. The number of rotatable bonds is 4. The molecule has 0 amide bonds. The Bertz CT molecular complexity index is 721. The van der Waals surface area contributed by atoms with Gasteiger partial charge < -0.3 is 9.47 Å². The van der Waals surface area contributed by atoms with Crippen LogP contribution < -0.4 is 9.47 Å². The topological polar surface area (TPSA) is 59.3 Å². The smallest absolute Gasteiger partial charge is 0.349 e. The summed E-state index contributed by atoms with van der Waals surface area (Å²) in [6.45, 7) is 5.54. The molecule has 0 spiro atoms. The largest absolute Gasteiger partial charge is 0.481 e. The molecule has 0 fully saturated rings. The molecule has 0 heterocycles. The maximum absolute atomic E-state index is 11.9. The molecule has 0 aliphatic heterocycles. The summed E-state index contributed by atoms with van der Waals surface area (Å²) in [4.78, 5) is 11.9. The summed E-state index contributed by atoms with van der Waals surface area (Å²) in [5.74, 6) is 0.440. The molecular weight excluding hydrogens is 278 g/mol. The van der Waals surface area contributed by atoms with Crippen molar-refractivity contribution in [2.24, 2.45) is 0 Å². The van der Waals surface area contributed by atoms with E-state index < -0.39 is 5.97 Å². The average molecular weight is 295 g/mol. The van der Waals surface area contributed by atoms with Crippen LogP contribution in [0.3, 0.4) is 0 Å². The van der Waals surface area contributed by atoms with E-state index in [1.165, 1.54) is 0 Å². The van der Waals surface area contributed by atoms with Crippen LogP contribution in [0.2, 0.25) is 0 Å². The Labute approximate surface area is 129 Å². The molecule has 22 heavy (non-hydrogen) atoms. The third-order valence-electron chi connectivity index (χ3n) is 3.17. The first-order valence-corrected chi connectivity index (χ1v) is 6.91. The van der Waals surface area contributed by atoms with Crippen LogP contribution in [0.4, 0.5) is 0 Å². The van der Waals surface area contributed by atoms with Gasteiger partial charge in [0.05, 0.1) is 5.56 Å². The van der Waals surface area contributed by atoms with Gasteiger partial charge in [0.15, 0.2) is 6.61 Å². The van der Waals surface area contributed by atoms with Crippen molar-refractivity contribution in [3.63, 3.8) is 0 Å². The molecule has 0 atom stereocenters. The number of benzene rings is 2. The van der Waals surface area contributed by atoms with Crippen molar-refractivity contribution < 1.29 is 14.3 Å². The molecule has 4 heteroatoms. The second-order valence-corrected chi connectivity index (χ2v) is 5.10. The fourth-order valence-electron chi connectivity index (χ4n) is 2.29. The summed E-state index contributed by atoms with van der Waals surface area (Å²) in [5, 5.41) is 8.97. The van der Waals surface area contributed by atoms with Crippen molar-refractivity contribution in [2.45, 2.75) is 20.8 Å². The van der Waals surface area contributed by atoms with Gasteiger partial charge >= 0.3 is 5.97 Å². The molecule has 2 rings (SSSR count). The van der Waals surface area contributed by atoms with Crippen molar-refractivity contribution in [1.29, 1.82) is 5.26 Å². The first-order chi connectivity index (χ1) is 10.5. The highest BCUT2D eigenvalue weighted by molar-refractivity contribution is 5.75. The fourth-order valence-corrected chi connectivity index (χ4v) is 2.29. The number of esters is 1. The van der Waals surface area contributed by atoms with E-state index in [0.29, 0.717) is 17.1 Å². The average Bonchev–Trinajstić information content (AvgIpc) is 2.49. The van der Waals surface area contributed by atoms with E-state index in [-0.39, 0.29) is 6.61 Å². The maximum atomic E-state index is 11.9. The zero-order valence-electron chi connectivity index (χ0n) is 12.8. The normalized spacial score (nSPS) is 9.91. The number of aryl methyl sites for hydroxylation is 3. The number of ether oxygens (including phenoxy) is 2. The van der Waals surface area contributed by atoms with Gasteiger partial charge in [0.1, 0.15) is 17.6 Å². The van der Waals surface area contributed by atoms with Gasteiger partial charge in [-0.3, -0.25) is 0 Å². The van der Waals surface area contributed by atoms with E-state index in [1.54, 1.807) is 24.3 Å². The summed E-state index contributed by atoms with van der Waals surface area (Å²) < 4.78 is 10.7. The highest BCUT2D eigenvalue weighted by atomic mass is 16.6. The molecule has 0 bridgehead atoms. The Morgan fingerprint density at radius 3 is 2.41 bits per heavy atom. The SMILES string of the molecule is Cc1cc(C)c(OC(=O)COc2ccccc2C#N)c(C)c1. The highest BCUT2D eigenvalue weighted by Gasteiger charge is 2.12. The highest BCUT2D eigenvalue weighted by Crippen LogP contribution is 2.25. The molecule has 0 aliphatic rings. The van der Waals surface area contributed by atoms with E-state index >= 15 is 0 Å². The third-order valence-corrected chi connectivity index (χ3v) is 3.17. The Morgan fingerprint density at radius 1 is 1.14 bits per heavy atom. The molecule has 2 aromatic rings. The Hall–Kier alpha value is -2.80. The van der Waals surface area contributed by atoms with Gasteiger partial charge in [0.25, 0.3) is 0 Å². The summed E-state index contributed by atoms with van der Waals surface area (Å²) in [6, 6.07) is 12.7. The van der Waals surface area contributed by atoms with Crippen molar-refractivity contribution in [3.8, 4) is 17.6 Å². The number of nitriles is 1. The quantitative estimate of drug-likeness (QED) is 0.640. The number of carbonyl (C=O) groups excluding carboxylic acids is 1. The van der Waals surface area contributed by atoms with Gasteiger partial charge in [-0.2, -0.15) is 5.26 Å². The zero-order valence-corrected chi connectivity index (χ0v) is 12.8. The number of hydrogen-bond donors (Lipinski definition) is 0. The monoisotopic (exact) mass is 295 g/mol. The van der Waals surface area contributed by atoms with Crippen LogP contribution in [0.15, 0.2) is 36.4 Å². The van der Waals surface area contributed by atoms with Gasteiger partial charge in [0, 0.05) is 0 Å². The van der Waals surface area contributed by atoms with Gasteiger partial charge in [-0.15, -0.1) is 0 Å². The van der Waals surface area contributed by atoms with Crippen LogP contribution in [0.1, 0.15) is 22.3 Å². The predicted molar refractivity (Wildman–Crippen MR) is 82.9 cm³/mol. The molecule has 0 saturated carbocycles. The molecule has 2 aromatic carbocycles. The molecule has 0 unspecified atom stereocenters. The minimum atomic E-state index is -0.497. The second kappa shape index (κ2) is 6.77. The minimum Gasteiger partial charge on any atom is -0.481 e. The molecule has 0 radical (unpaired) electrons. The summed E-state index contributed by atoms with van der Waals surface area (Å²) in [7, 11) is 0. The van der Waals surface area contributed by atoms with E-state index in [1.807, 2.05) is 39.0 Å². The van der Waals surface area contributed by atoms with Crippen LogP contribution in [-0.2, 0) is 4.79 Å². The molecule has 112 valence electrons. The Kier molecular flexibility index (Phi) is 4.80. The van der Waals surface area contributed by atoms with Gasteiger partial charge in [0.2, 0.25) is 0 Å². The van der Waals surface area contributed by atoms with Crippen molar-refractivity contribution in [2.75, 3.05) is 6.61 Å². The first-order valence-electron chi connectivity index (χ1n) is 6.91. The number of para-hydroxylation sites is 1.